The van der Waals surface area contributed by atoms with Crippen LogP contribution in [0.3, 0.4) is 0 Å². The molecule has 0 aliphatic rings. The highest BCUT2D eigenvalue weighted by atomic mass is 79.9. The van der Waals surface area contributed by atoms with Crippen LogP contribution in [0.25, 0.3) is 0 Å². The first-order valence-corrected chi connectivity index (χ1v) is 7.75. The van der Waals surface area contributed by atoms with Crippen LogP contribution in [0, 0.1) is 0 Å². The van der Waals surface area contributed by atoms with Gasteiger partial charge in [0.25, 0.3) is 10.0 Å². The van der Waals surface area contributed by atoms with E-state index in [1.807, 2.05) is 0 Å². The Labute approximate surface area is 114 Å². The average Bonchev–Trinajstić information content (AvgIpc) is 2.62. The van der Waals surface area contributed by atoms with Crippen molar-refractivity contribution >= 4 is 37.3 Å². The van der Waals surface area contributed by atoms with E-state index in [0.717, 1.165) is 11.3 Å². The maximum Gasteiger partial charge on any atom is 0.411 e. The zero-order valence-corrected chi connectivity index (χ0v) is 12.0. The summed E-state index contributed by atoms with van der Waals surface area (Å²) in [5.41, 5.74) is 0. The van der Waals surface area contributed by atoms with Crippen molar-refractivity contribution in [1.29, 1.82) is 0 Å². The Balaban J connectivity index is 2.38. The van der Waals surface area contributed by atoms with Crippen LogP contribution in [0.5, 0.6) is 0 Å². The summed E-state index contributed by atoms with van der Waals surface area (Å²) in [6.45, 7) is -1.96. The minimum atomic E-state index is -4.41. The number of thiophene rings is 1. The largest absolute Gasteiger partial charge is 0.411 e. The van der Waals surface area contributed by atoms with Gasteiger partial charge in [0.15, 0.2) is 0 Å². The van der Waals surface area contributed by atoms with Gasteiger partial charge in [-0.25, -0.2) is 13.1 Å². The van der Waals surface area contributed by atoms with Crippen LogP contribution >= 0.6 is 27.3 Å². The molecule has 1 aromatic rings. The van der Waals surface area contributed by atoms with Crippen molar-refractivity contribution in [2.24, 2.45) is 0 Å². The van der Waals surface area contributed by atoms with Gasteiger partial charge in [-0.05, 0) is 27.4 Å². The highest BCUT2D eigenvalue weighted by Gasteiger charge is 2.27. The third-order valence-corrected chi connectivity index (χ3v) is 5.76. The molecule has 0 aromatic carbocycles. The molecule has 0 bridgehead atoms. The van der Waals surface area contributed by atoms with Crippen LogP contribution in [0.15, 0.2) is 20.1 Å². The number of nitrogens with one attached hydrogen (secondary N) is 1. The lowest BCUT2D eigenvalue weighted by Crippen LogP contribution is -2.28. The number of rotatable bonds is 6. The topological polar surface area (TPSA) is 55.4 Å². The van der Waals surface area contributed by atoms with Crippen molar-refractivity contribution in [1.82, 2.24) is 4.72 Å². The smallest absolute Gasteiger partial charge is 0.371 e. The quantitative estimate of drug-likeness (QED) is 0.785. The van der Waals surface area contributed by atoms with Crippen molar-refractivity contribution in [2.75, 3.05) is 19.8 Å². The van der Waals surface area contributed by atoms with E-state index in [4.69, 9.17) is 0 Å². The minimum Gasteiger partial charge on any atom is -0.371 e. The Hall–Kier alpha value is -0.160. The molecule has 0 unspecified atom stereocenters. The van der Waals surface area contributed by atoms with Gasteiger partial charge in [0.2, 0.25) is 0 Å². The van der Waals surface area contributed by atoms with E-state index in [1.165, 1.54) is 0 Å². The van der Waals surface area contributed by atoms with Gasteiger partial charge in [-0.2, -0.15) is 13.2 Å². The Morgan fingerprint density at radius 3 is 2.61 bits per heavy atom. The first-order valence-electron chi connectivity index (χ1n) is 4.59. The fourth-order valence-corrected chi connectivity index (χ4v) is 4.37. The van der Waals surface area contributed by atoms with Crippen molar-refractivity contribution < 1.29 is 26.3 Å². The molecule has 0 amide bonds. The van der Waals surface area contributed by atoms with Gasteiger partial charge >= 0.3 is 6.18 Å². The van der Waals surface area contributed by atoms with Crippen LogP contribution in [-0.2, 0) is 14.8 Å². The summed E-state index contributed by atoms with van der Waals surface area (Å²) in [5.74, 6) is 0. The molecule has 104 valence electrons. The summed E-state index contributed by atoms with van der Waals surface area (Å²) in [4.78, 5) is 0. The molecule has 0 radical (unpaired) electrons. The molecule has 18 heavy (non-hydrogen) atoms. The van der Waals surface area contributed by atoms with Crippen molar-refractivity contribution in [3.8, 4) is 0 Å². The number of alkyl halides is 3. The van der Waals surface area contributed by atoms with Crippen LogP contribution < -0.4 is 4.72 Å². The molecule has 10 heteroatoms. The van der Waals surface area contributed by atoms with E-state index in [9.17, 15) is 21.6 Å². The molecule has 1 rings (SSSR count). The van der Waals surface area contributed by atoms with Crippen LogP contribution in [0.4, 0.5) is 13.2 Å². The van der Waals surface area contributed by atoms with Gasteiger partial charge < -0.3 is 4.74 Å². The summed E-state index contributed by atoms with van der Waals surface area (Å²) in [7, 11) is -3.70. The second kappa shape index (κ2) is 6.33. The van der Waals surface area contributed by atoms with E-state index in [-0.39, 0.29) is 17.4 Å². The summed E-state index contributed by atoms with van der Waals surface area (Å²) >= 11 is 4.07. The Morgan fingerprint density at radius 2 is 2.11 bits per heavy atom. The summed E-state index contributed by atoms with van der Waals surface area (Å²) < 4.78 is 65.4. The molecule has 1 aromatic heterocycles. The molecular weight excluding hydrogens is 359 g/mol. The van der Waals surface area contributed by atoms with Crippen LogP contribution in [0.1, 0.15) is 0 Å². The van der Waals surface area contributed by atoms with E-state index >= 15 is 0 Å². The van der Waals surface area contributed by atoms with E-state index < -0.39 is 22.8 Å². The number of halogens is 4. The predicted molar refractivity (Wildman–Crippen MR) is 64.1 cm³/mol. The third kappa shape index (κ3) is 5.22. The molecule has 0 aliphatic heterocycles. The molecular formula is C8H9BrF3NO3S2. The first kappa shape index (κ1) is 15.9. The molecule has 0 fully saturated rings. The molecule has 1 N–H and O–H groups in total. The zero-order chi connectivity index (χ0) is 13.8. The number of ether oxygens (including phenoxy) is 1. The molecule has 0 saturated heterocycles. The summed E-state index contributed by atoms with van der Waals surface area (Å²) in [6, 6.07) is 1.57. The van der Waals surface area contributed by atoms with Gasteiger partial charge in [0, 0.05) is 11.0 Å². The zero-order valence-electron chi connectivity index (χ0n) is 8.83. The van der Waals surface area contributed by atoms with E-state index in [1.54, 1.807) is 11.4 Å². The Kier molecular flexibility index (Phi) is 5.59. The van der Waals surface area contributed by atoms with Crippen molar-refractivity contribution in [3.63, 3.8) is 0 Å². The van der Waals surface area contributed by atoms with Gasteiger partial charge in [0.1, 0.15) is 10.8 Å². The molecule has 0 spiro atoms. The SMILES string of the molecule is O=S(=O)(NCCOCC(F)(F)F)c1sccc1Br. The van der Waals surface area contributed by atoms with E-state index in [0.29, 0.717) is 4.47 Å². The average molecular weight is 368 g/mol. The lowest BCUT2D eigenvalue weighted by molar-refractivity contribution is -0.173. The number of hydrogen-bond acceptors (Lipinski definition) is 4. The Bertz CT molecular complexity index is 486. The minimum absolute atomic E-state index is 0.0818. The standard InChI is InChI=1S/C8H9BrF3NO3S2/c9-6-1-4-17-7(6)18(14,15)13-2-3-16-5-8(10,11)12/h1,4,13H,2-3,5H2. The van der Waals surface area contributed by atoms with Gasteiger partial charge in [-0.3, -0.25) is 0 Å². The fraction of sp³-hybridized carbons (Fsp3) is 0.500. The van der Waals surface area contributed by atoms with Gasteiger partial charge in [-0.15, -0.1) is 11.3 Å². The highest BCUT2D eigenvalue weighted by Crippen LogP contribution is 2.27. The predicted octanol–water partition coefficient (Wildman–Crippen LogP) is 2.37. The number of sulfonamides is 1. The highest BCUT2D eigenvalue weighted by molar-refractivity contribution is 9.10. The second-order valence-electron chi connectivity index (χ2n) is 3.12. The maximum absolute atomic E-state index is 11.7. The van der Waals surface area contributed by atoms with E-state index in [2.05, 4.69) is 25.4 Å². The normalized spacial score (nSPS) is 12.9. The van der Waals surface area contributed by atoms with Gasteiger partial charge in [-0.1, -0.05) is 0 Å². The van der Waals surface area contributed by atoms with Crippen molar-refractivity contribution in [2.45, 2.75) is 10.4 Å². The maximum atomic E-state index is 11.7. The molecule has 4 nitrogen and oxygen atoms in total. The molecule has 1 heterocycles. The Morgan fingerprint density at radius 1 is 1.44 bits per heavy atom. The molecule has 0 aliphatic carbocycles. The summed E-state index contributed by atoms with van der Waals surface area (Å²) in [6.07, 6.45) is -4.41. The lowest BCUT2D eigenvalue weighted by atomic mass is 10.7. The molecule has 0 saturated carbocycles. The number of hydrogen-bond donors (Lipinski definition) is 1. The van der Waals surface area contributed by atoms with Gasteiger partial charge in [0.05, 0.1) is 6.61 Å². The lowest BCUT2D eigenvalue weighted by Gasteiger charge is -2.08. The molecule has 0 atom stereocenters. The van der Waals surface area contributed by atoms with Crippen LogP contribution in [-0.4, -0.2) is 34.4 Å². The van der Waals surface area contributed by atoms with Crippen LogP contribution in [0.2, 0.25) is 0 Å². The summed E-state index contributed by atoms with van der Waals surface area (Å²) in [5, 5.41) is 1.58. The fourth-order valence-electron chi connectivity index (χ4n) is 0.973. The first-order chi connectivity index (χ1) is 8.22. The second-order valence-corrected chi connectivity index (χ2v) is 6.85. The third-order valence-electron chi connectivity index (χ3n) is 1.63. The monoisotopic (exact) mass is 367 g/mol. The van der Waals surface area contributed by atoms with Crippen molar-refractivity contribution in [3.05, 3.63) is 15.9 Å².